The number of hydrogen-bond donors (Lipinski definition) is 1. The first kappa shape index (κ1) is 18.0. The van der Waals surface area contributed by atoms with Crippen molar-refractivity contribution in [3.8, 4) is 5.69 Å². The second-order valence-corrected chi connectivity index (χ2v) is 6.69. The molecule has 0 spiro atoms. The van der Waals surface area contributed by atoms with Gasteiger partial charge in [-0.15, -0.1) is 5.10 Å². The summed E-state index contributed by atoms with van der Waals surface area (Å²) in [6, 6.07) is 5.63. The summed E-state index contributed by atoms with van der Waals surface area (Å²) in [6.45, 7) is 1.86. The molecule has 1 heterocycles. The molecule has 138 valence electrons. The summed E-state index contributed by atoms with van der Waals surface area (Å²) < 4.78 is 17.9. The Labute approximate surface area is 150 Å². The highest BCUT2D eigenvalue weighted by atomic mass is 19.1. The fraction of sp³-hybridized carbons (Fsp3) is 0.444. The zero-order valence-corrected chi connectivity index (χ0v) is 14.7. The number of aromatic nitrogens is 3. The van der Waals surface area contributed by atoms with Gasteiger partial charge in [0.1, 0.15) is 5.82 Å². The van der Waals surface area contributed by atoms with Crippen molar-refractivity contribution in [2.24, 2.45) is 5.92 Å². The lowest BCUT2D eigenvalue weighted by Crippen LogP contribution is -2.55. The molecule has 26 heavy (non-hydrogen) atoms. The number of carbonyl (C=O) groups excluding carboxylic acids is 2. The molecule has 1 amide bonds. The largest absolute Gasteiger partial charge is 0.469 e. The van der Waals surface area contributed by atoms with E-state index in [1.54, 1.807) is 0 Å². The fourth-order valence-corrected chi connectivity index (χ4v) is 3.39. The van der Waals surface area contributed by atoms with E-state index in [0.29, 0.717) is 18.5 Å². The van der Waals surface area contributed by atoms with Crippen molar-refractivity contribution < 1.29 is 18.7 Å². The zero-order valence-electron chi connectivity index (χ0n) is 14.7. The molecule has 0 bridgehead atoms. The van der Waals surface area contributed by atoms with E-state index >= 15 is 0 Å². The molecular formula is C18H21FN4O3. The first-order valence-corrected chi connectivity index (χ1v) is 8.51. The Morgan fingerprint density at radius 3 is 2.73 bits per heavy atom. The number of methoxy groups -OCH3 is 1. The quantitative estimate of drug-likeness (QED) is 0.845. The van der Waals surface area contributed by atoms with Gasteiger partial charge >= 0.3 is 5.97 Å². The van der Waals surface area contributed by atoms with Crippen LogP contribution in [-0.4, -0.2) is 39.5 Å². The summed E-state index contributed by atoms with van der Waals surface area (Å²) in [4.78, 5) is 26.0. The van der Waals surface area contributed by atoms with Crippen LogP contribution in [0.5, 0.6) is 0 Å². The van der Waals surface area contributed by atoms with Crippen molar-refractivity contribution in [1.29, 1.82) is 0 Å². The van der Waals surface area contributed by atoms with Crippen LogP contribution in [0.4, 0.5) is 4.39 Å². The number of nitrogens with zero attached hydrogens (tertiary/aromatic N) is 3. The molecule has 1 aliphatic carbocycles. The predicted molar refractivity (Wildman–Crippen MR) is 91.2 cm³/mol. The minimum atomic E-state index is -0.692. The van der Waals surface area contributed by atoms with Crippen LogP contribution in [0.2, 0.25) is 0 Å². The molecule has 3 rings (SSSR count). The molecule has 1 aromatic heterocycles. The van der Waals surface area contributed by atoms with Crippen molar-refractivity contribution in [3.63, 3.8) is 0 Å². The highest BCUT2D eigenvalue weighted by molar-refractivity contribution is 5.93. The Morgan fingerprint density at radius 1 is 1.31 bits per heavy atom. The van der Waals surface area contributed by atoms with Gasteiger partial charge in [0.15, 0.2) is 5.69 Å². The standard InChI is InChI=1S/C18H21FN4O3/c1-18(10-4-3-5-14(18)17(25)26-2)21-16(24)15-11-20-23(22-15)13-8-6-12(19)7-9-13/h6-9,11,14H,3-5,10H2,1-2H3,(H,21,24)/t14-,18-/m1/s1. The molecule has 0 saturated heterocycles. The normalized spacial score (nSPS) is 22.7. The molecule has 1 N–H and O–H groups in total. The molecule has 8 heteroatoms. The monoisotopic (exact) mass is 360 g/mol. The van der Waals surface area contributed by atoms with Gasteiger partial charge in [-0.3, -0.25) is 9.59 Å². The summed E-state index contributed by atoms with van der Waals surface area (Å²) in [7, 11) is 1.35. The van der Waals surface area contributed by atoms with E-state index in [9.17, 15) is 14.0 Å². The van der Waals surface area contributed by atoms with Gasteiger partial charge in [-0.25, -0.2) is 4.39 Å². The molecular weight excluding hydrogens is 339 g/mol. The summed E-state index contributed by atoms with van der Waals surface area (Å²) in [5.74, 6) is -1.48. The number of esters is 1. The number of ether oxygens (including phenoxy) is 1. The third-order valence-corrected chi connectivity index (χ3v) is 4.87. The summed E-state index contributed by atoms with van der Waals surface area (Å²) in [5, 5.41) is 11.1. The molecule has 1 aliphatic rings. The molecule has 1 saturated carbocycles. The lowest BCUT2D eigenvalue weighted by Gasteiger charge is -2.40. The maximum Gasteiger partial charge on any atom is 0.311 e. The first-order chi connectivity index (χ1) is 12.4. The van der Waals surface area contributed by atoms with Crippen LogP contribution < -0.4 is 5.32 Å². The highest BCUT2D eigenvalue weighted by Gasteiger charge is 2.43. The van der Waals surface area contributed by atoms with Crippen LogP contribution >= 0.6 is 0 Å². The van der Waals surface area contributed by atoms with Crippen molar-refractivity contribution >= 4 is 11.9 Å². The minimum Gasteiger partial charge on any atom is -0.469 e. The number of hydrogen-bond acceptors (Lipinski definition) is 5. The predicted octanol–water partition coefficient (Wildman–Crippen LogP) is 2.26. The number of nitrogens with one attached hydrogen (secondary N) is 1. The van der Waals surface area contributed by atoms with Crippen molar-refractivity contribution in [2.45, 2.75) is 38.1 Å². The van der Waals surface area contributed by atoms with Gasteiger partial charge < -0.3 is 10.1 Å². The number of amides is 1. The minimum absolute atomic E-state index is 0.129. The Morgan fingerprint density at radius 2 is 2.04 bits per heavy atom. The zero-order chi connectivity index (χ0) is 18.7. The van der Waals surface area contributed by atoms with Crippen LogP contribution in [0.25, 0.3) is 5.69 Å². The third-order valence-electron chi connectivity index (χ3n) is 4.87. The Kier molecular flexibility index (Phi) is 5.01. The maximum absolute atomic E-state index is 13.0. The van der Waals surface area contributed by atoms with Gasteiger partial charge in [-0.05, 0) is 44.0 Å². The SMILES string of the molecule is COC(=O)[C@H]1CCCC[C@@]1(C)NC(=O)c1cnn(-c2ccc(F)cc2)n1. The molecule has 7 nitrogen and oxygen atoms in total. The Hall–Kier alpha value is -2.77. The van der Waals surface area contributed by atoms with Crippen LogP contribution in [0.15, 0.2) is 30.5 Å². The van der Waals surface area contributed by atoms with E-state index in [2.05, 4.69) is 15.5 Å². The van der Waals surface area contributed by atoms with E-state index in [-0.39, 0.29) is 17.5 Å². The van der Waals surface area contributed by atoms with Crippen LogP contribution in [0.1, 0.15) is 43.1 Å². The van der Waals surface area contributed by atoms with E-state index in [1.807, 2.05) is 6.92 Å². The van der Waals surface area contributed by atoms with Crippen molar-refractivity contribution in [1.82, 2.24) is 20.3 Å². The van der Waals surface area contributed by atoms with Gasteiger partial charge in [0.25, 0.3) is 5.91 Å². The lowest BCUT2D eigenvalue weighted by atomic mass is 9.73. The molecule has 1 fully saturated rings. The van der Waals surface area contributed by atoms with E-state index in [4.69, 9.17) is 4.74 Å². The van der Waals surface area contributed by atoms with E-state index in [1.165, 1.54) is 42.4 Å². The average molecular weight is 360 g/mol. The van der Waals surface area contributed by atoms with Crippen molar-refractivity contribution in [3.05, 3.63) is 42.0 Å². The van der Waals surface area contributed by atoms with E-state index < -0.39 is 17.4 Å². The Balaban J connectivity index is 1.77. The molecule has 2 aromatic rings. The first-order valence-electron chi connectivity index (χ1n) is 8.51. The van der Waals surface area contributed by atoms with Crippen LogP contribution in [0, 0.1) is 11.7 Å². The van der Waals surface area contributed by atoms with E-state index in [0.717, 1.165) is 12.8 Å². The summed E-state index contributed by atoms with van der Waals surface area (Å²) in [5.41, 5.74) is -0.0197. The molecule has 0 aliphatic heterocycles. The van der Waals surface area contributed by atoms with Gasteiger partial charge in [0, 0.05) is 0 Å². The smallest absolute Gasteiger partial charge is 0.311 e. The van der Waals surface area contributed by atoms with Gasteiger partial charge in [-0.2, -0.15) is 9.90 Å². The number of rotatable bonds is 4. The number of benzene rings is 1. The lowest BCUT2D eigenvalue weighted by molar-refractivity contribution is -0.149. The molecule has 0 radical (unpaired) electrons. The van der Waals surface area contributed by atoms with Gasteiger partial charge in [0.05, 0.1) is 30.5 Å². The summed E-state index contributed by atoms with van der Waals surface area (Å²) in [6.07, 6.45) is 4.55. The highest BCUT2D eigenvalue weighted by Crippen LogP contribution is 2.34. The fourth-order valence-electron chi connectivity index (χ4n) is 3.39. The second-order valence-electron chi connectivity index (χ2n) is 6.69. The second kappa shape index (κ2) is 7.23. The third kappa shape index (κ3) is 3.58. The topological polar surface area (TPSA) is 86.1 Å². The molecule has 2 atom stereocenters. The molecule has 0 unspecified atom stereocenters. The van der Waals surface area contributed by atoms with Gasteiger partial charge in [0.2, 0.25) is 0 Å². The number of carbonyl (C=O) groups is 2. The Bertz CT molecular complexity index is 805. The van der Waals surface area contributed by atoms with Crippen LogP contribution in [-0.2, 0) is 9.53 Å². The van der Waals surface area contributed by atoms with Gasteiger partial charge in [-0.1, -0.05) is 12.8 Å². The maximum atomic E-state index is 13.0. The number of halogens is 1. The van der Waals surface area contributed by atoms with Crippen LogP contribution in [0.3, 0.4) is 0 Å². The molecule has 1 aromatic carbocycles. The average Bonchev–Trinajstić information content (AvgIpc) is 3.12. The van der Waals surface area contributed by atoms with Crippen molar-refractivity contribution in [2.75, 3.05) is 7.11 Å². The summed E-state index contributed by atoms with van der Waals surface area (Å²) >= 11 is 0.